The van der Waals surface area contributed by atoms with Gasteiger partial charge >= 0.3 is 12.1 Å². The molecule has 4 rings (SSSR count). The second kappa shape index (κ2) is 7.00. The van der Waals surface area contributed by atoms with E-state index in [4.69, 9.17) is 14.2 Å². The number of nitrogens with zero attached hydrogens (tertiary/aromatic N) is 2. The van der Waals surface area contributed by atoms with Crippen LogP contribution >= 0.6 is 0 Å². The summed E-state index contributed by atoms with van der Waals surface area (Å²) in [6.45, 7) is 10.0. The van der Waals surface area contributed by atoms with Crippen LogP contribution in [0.5, 0.6) is 0 Å². The average Bonchev–Trinajstić information content (AvgIpc) is 2.61. The zero-order valence-corrected chi connectivity index (χ0v) is 16.5. The molecule has 1 amide bonds. The Morgan fingerprint density at radius 1 is 1.04 bits per heavy atom. The third kappa shape index (κ3) is 3.98. The van der Waals surface area contributed by atoms with E-state index < -0.39 is 11.0 Å². The number of esters is 1. The van der Waals surface area contributed by atoms with Gasteiger partial charge in [0, 0.05) is 32.7 Å². The Balaban J connectivity index is 1.49. The third-order valence-corrected chi connectivity index (χ3v) is 5.93. The Hall–Kier alpha value is -1.34. The highest BCUT2D eigenvalue weighted by Crippen LogP contribution is 2.49. The van der Waals surface area contributed by atoms with Gasteiger partial charge in [0.1, 0.15) is 5.60 Å². The number of piperazine rings is 1. The fourth-order valence-corrected chi connectivity index (χ4v) is 4.27. The zero-order chi connectivity index (χ0) is 19.0. The second-order valence-corrected chi connectivity index (χ2v) is 8.99. The van der Waals surface area contributed by atoms with Crippen LogP contribution in [0.25, 0.3) is 0 Å². The summed E-state index contributed by atoms with van der Waals surface area (Å²) in [5.41, 5.74) is -1.03. The molecule has 0 spiro atoms. The minimum Gasteiger partial charge on any atom is -0.469 e. The molecule has 26 heavy (non-hydrogen) atoms. The van der Waals surface area contributed by atoms with Crippen LogP contribution in [-0.4, -0.2) is 79.5 Å². The SMILES string of the molecule is COC(=O)C12CCC(CN3CCN(C(=O)OC(C)(C)C)CC3)(CC1)OC2. The Labute approximate surface area is 155 Å². The van der Waals surface area contributed by atoms with Gasteiger partial charge in [-0.15, -0.1) is 0 Å². The number of methoxy groups -OCH3 is 1. The average molecular weight is 368 g/mol. The van der Waals surface area contributed by atoms with Crippen LogP contribution in [0, 0.1) is 5.41 Å². The van der Waals surface area contributed by atoms with E-state index in [9.17, 15) is 9.59 Å². The standard InChI is InChI=1S/C19H32N2O5/c1-17(2,3)26-16(23)21-11-9-20(10-12-21)13-19-7-5-18(6-8-19,14-25-19)15(22)24-4/h5-14H2,1-4H3. The van der Waals surface area contributed by atoms with Crippen molar-refractivity contribution in [2.45, 2.75) is 57.7 Å². The van der Waals surface area contributed by atoms with E-state index in [0.717, 1.165) is 45.3 Å². The lowest BCUT2D eigenvalue weighted by Crippen LogP contribution is -2.60. The van der Waals surface area contributed by atoms with Crippen molar-refractivity contribution in [2.24, 2.45) is 5.41 Å². The molecule has 1 aliphatic carbocycles. The van der Waals surface area contributed by atoms with Crippen molar-refractivity contribution < 1.29 is 23.8 Å². The van der Waals surface area contributed by atoms with Crippen molar-refractivity contribution in [1.29, 1.82) is 0 Å². The normalized spacial score (nSPS) is 32.4. The van der Waals surface area contributed by atoms with Crippen molar-refractivity contribution >= 4 is 12.1 Å². The van der Waals surface area contributed by atoms with Gasteiger partial charge in [-0.2, -0.15) is 0 Å². The molecule has 7 nitrogen and oxygen atoms in total. The fraction of sp³-hybridized carbons (Fsp3) is 0.895. The minimum absolute atomic E-state index is 0.128. The van der Waals surface area contributed by atoms with Crippen LogP contribution in [0.15, 0.2) is 0 Å². The maximum absolute atomic E-state index is 12.2. The van der Waals surface area contributed by atoms with E-state index >= 15 is 0 Å². The smallest absolute Gasteiger partial charge is 0.410 e. The van der Waals surface area contributed by atoms with Gasteiger partial charge in [0.05, 0.1) is 24.7 Å². The lowest BCUT2D eigenvalue weighted by Gasteiger charge is -2.53. The molecule has 3 aliphatic heterocycles. The number of ether oxygens (including phenoxy) is 3. The summed E-state index contributed by atoms with van der Waals surface area (Å²) in [7, 11) is 1.46. The van der Waals surface area contributed by atoms with Gasteiger partial charge in [-0.05, 0) is 46.5 Å². The van der Waals surface area contributed by atoms with Gasteiger partial charge in [0.25, 0.3) is 0 Å². The summed E-state index contributed by atoms with van der Waals surface area (Å²) in [4.78, 5) is 28.4. The van der Waals surface area contributed by atoms with Crippen LogP contribution in [0.4, 0.5) is 4.79 Å². The first-order valence-corrected chi connectivity index (χ1v) is 9.60. The first-order chi connectivity index (χ1) is 12.2. The molecule has 0 unspecified atom stereocenters. The van der Waals surface area contributed by atoms with Crippen molar-refractivity contribution in [3.8, 4) is 0 Å². The minimum atomic E-state index is -0.461. The van der Waals surface area contributed by atoms with Crippen LogP contribution in [-0.2, 0) is 19.0 Å². The molecular formula is C19H32N2O5. The lowest BCUT2D eigenvalue weighted by atomic mass is 9.66. The van der Waals surface area contributed by atoms with E-state index in [1.54, 1.807) is 4.90 Å². The van der Waals surface area contributed by atoms with Crippen molar-refractivity contribution in [3.63, 3.8) is 0 Å². The molecule has 7 heteroatoms. The Kier molecular flexibility index (Phi) is 5.23. The predicted molar refractivity (Wildman–Crippen MR) is 95.8 cm³/mol. The van der Waals surface area contributed by atoms with Gasteiger partial charge in [-0.3, -0.25) is 9.69 Å². The number of fused-ring (bicyclic) bond motifs is 3. The maximum atomic E-state index is 12.2. The van der Waals surface area contributed by atoms with E-state index in [0.29, 0.717) is 19.7 Å². The highest BCUT2D eigenvalue weighted by molar-refractivity contribution is 5.77. The molecular weight excluding hydrogens is 336 g/mol. The molecule has 0 aromatic carbocycles. The van der Waals surface area contributed by atoms with Gasteiger partial charge in [-0.1, -0.05) is 0 Å². The molecule has 1 saturated carbocycles. The summed E-state index contributed by atoms with van der Waals surface area (Å²) in [5, 5.41) is 0. The van der Waals surface area contributed by atoms with Gasteiger partial charge in [0.2, 0.25) is 0 Å². The van der Waals surface area contributed by atoms with Crippen LogP contribution in [0.2, 0.25) is 0 Å². The highest BCUT2D eigenvalue weighted by atomic mass is 16.6. The van der Waals surface area contributed by atoms with Gasteiger partial charge in [-0.25, -0.2) is 4.79 Å². The number of carbonyl (C=O) groups excluding carboxylic acids is 2. The largest absolute Gasteiger partial charge is 0.469 e. The fourth-order valence-electron chi connectivity index (χ4n) is 4.27. The molecule has 0 aromatic rings. The Bertz CT molecular complexity index is 524. The van der Waals surface area contributed by atoms with Crippen LogP contribution < -0.4 is 0 Å². The van der Waals surface area contributed by atoms with E-state index in [-0.39, 0.29) is 17.7 Å². The predicted octanol–water partition coefficient (Wildman–Crippen LogP) is 2.04. The summed E-state index contributed by atoms with van der Waals surface area (Å²) < 4.78 is 16.6. The highest BCUT2D eigenvalue weighted by Gasteiger charge is 2.54. The molecule has 148 valence electrons. The number of rotatable bonds is 3. The molecule has 0 aromatic heterocycles. The molecule has 4 aliphatic rings. The van der Waals surface area contributed by atoms with E-state index in [2.05, 4.69) is 4.90 Å². The number of carbonyl (C=O) groups is 2. The second-order valence-electron chi connectivity index (χ2n) is 8.99. The zero-order valence-electron chi connectivity index (χ0n) is 16.5. The lowest BCUT2D eigenvalue weighted by molar-refractivity contribution is -0.208. The van der Waals surface area contributed by atoms with Gasteiger partial charge in [0.15, 0.2) is 0 Å². The summed E-state index contributed by atoms with van der Waals surface area (Å²) in [6, 6.07) is 0. The first kappa shape index (κ1) is 19.4. The number of hydrogen-bond acceptors (Lipinski definition) is 6. The Morgan fingerprint density at radius 3 is 2.12 bits per heavy atom. The van der Waals surface area contributed by atoms with Crippen molar-refractivity contribution in [1.82, 2.24) is 9.80 Å². The molecule has 0 atom stereocenters. The topological polar surface area (TPSA) is 68.3 Å². The molecule has 3 heterocycles. The molecule has 2 bridgehead atoms. The van der Waals surface area contributed by atoms with Gasteiger partial charge < -0.3 is 19.1 Å². The molecule has 0 radical (unpaired) electrons. The van der Waals surface area contributed by atoms with E-state index in [1.807, 2.05) is 20.8 Å². The van der Waals surface area contributed by atoms with Crippen LogP contribution in [0.3, 0.4) is 0 Å². The number of hydrogen-bond donors (Lipinski definition) is 0. The Morgan fingerprint density at radius 2 is 1.65 bits per heavy atom. The maximum Gasteiger partial charge on any atom is 0.410 e. The first-order valence-electron chi connectivity index (χ1n) is 9.60. The summed E-state index contributed by atoms with van der Waals surface area (Å²) in [5.74, 6) is -0.128. The molecule has 0 N–H and O–H groups in total. The summed E-state index contributed by atoms with van der Waals surface area (Å²) in [6.07, 6.45) is 3.25. The van der Waals surface area contributed by atoms with E-state index in [1.165, 1.54) is 7.11 Å². The van der Waals surface area contributed by atoms with Crippen molar-refractivity contribution in [3.05, 3.63) is 0 Å². The van der Waals surface area contributed by atoms with Crippen molar-refractivity contribution in [2.75, 3.05) is 46.4 Å². The number of amides is 1. The molecule has 3 saturated heterocycles. The monoisotopic (exact) mass is 368 g/mol. The molecule has 4 fully saturated rings. The summed E-state index contributed by atoms with van der Waals surface area (Å²) >= 11 is 0. The quantitative estimate of drug-likeness (QED) is 0.710. The van der Waals surface area contributed by atoms with Crippen LogP contribution in [0.1, 0.15) is 46.5 Å². The third-order valence-electron chi connectivity index (χ3n) is 5.93.